The Labute approximate surface area is 191 Å². The van der Waals surface area contributed by atoms with Crippen LogP contribution in [0.1, 0.15) is 37.8 Å². The van der Waals surface area contributed by atoms with Gasteiger partial charge in [-0.05, 0) is 33.1 Å². The number of aliphatic imine (C=N–C) groups is 1. The molecule has 1 aliphatic heterocycles. The predicted molar refractivity (Wildman–Crippen MR) is 124 cm³/mol. The number of nitrogens with zero attached hydrogens (tertiary/aromatic N) is 4. The molecule has 9 nitrogen and oxygen atoms in total. The summed E-state index contributed by atoms with van der Waals surface area (Å²) in [4.78, 5) is 4.64. The van der Waals surface area contributed by atoms with Crippen LogP contribution >= 0.6 is 24.0 Å². The Hall–Kier alpha value is -0.980. The highest BCUT2D eigenvalue weighted by Gasteiger charge is 2.15. The zero-order chi connectivity index (χ0) is 20.0. The molecule has 1 unspecified atom stereocenters. The molecule has 0 spiro atoms. The van der Waals surface area contributed by atoms with E-state index < -0.39 is 0 Å². The maximum Gasteiger partial charge on any atom is 0.191 e. The van der Waals surface area contributed by atoms with E-state index in [1.807, 2.05) is 25.5 Å². The van der Waals surface area contributed by atoms with Gasteiger partial charge >= 0.3 is 0 Å². The quantitative estimate of drug-likeness (QED) is 0.175. The Bertz CT molecular complexity index is 578. The van der Waals surface area contributed by atoms with Crippen LogP contribution in [0.15, 0.2) is 4.99 Å². The summed E-state index contributed by atoms with van der Waals surface area (Å²) >= 11 is 0. The summed E-state index contributed by atoms with van der Waals surface area (Å²) in [5, 5.41) is 15.0. The molecule has 0 bridgehead atoms. The molecule has 1 fully saturated rings. The second kappa shape index (κ2) is 15.8. The number of aromatic nitrogens is 3. The minimum absolute atomic E-state index is 0. The molecule has 1 aromatic rings. The van der Waals surface area contributed by atoms with E-state index in [1.54, 1.807) is 0 Å². The number of rotatable bonds is 13. The van der Waals surface area contributed by atoms with Crippen LogP contribution in [0.5, 0.6) is 0 Å². The van der Waals surface area contributed by atoms with E-state index in [-0.39, 0.29) is 24.0 Å². The number of ether oxygens (including phenoxy) is 3. The van der Waals surface area contributed by atoms with Gasteiger partial charge in [-0.25, -0.2) is 4.99 Å². The molecule has 2 rings (SSSR count). The first-order chi connectivity index (χ1) is 13.7. The van der Waals surface area contributed by atoms with Gasteiger partial charge < -0.3 is 29.4 Å². The van der Waals surface area contributed by atoms with Crippen molar-refractivity contribution in [3.05, 3.63) is 11.6 Å². The third kappa shape index (κ3) is 10.6. The van der Waals surface area contributed by atoms with Crippen LogP contribution < -0.4 is 10.6 Å². The van der Waals surface area contributed by atoms with Crippen molar-refractivity contribution in [3.63, 3.8) is 0 Å². The number of halogens is 1. The van der Waals surface area contributed by atoms with Gasteiger partial charge in [0.1, 0.15) is 12.4 Å². The zero-order valence-electron chi connectivity index (χ0n) is 18.0. The molecule has 0 aliphatic carbocycles. The SMILES string of the molecule is CCOCCCNC(=NCc1nnc(C)n1C)NCCCOCC1CCOC1.I. The lowest BCUT2D eigenvalue weighted by Crippen LogP contribution is -2.39. The van der Waals surface area contributed by atoms with Gasteiger partial charge in [0.2, 0.25) is 0 Å². The lowest BCUT2D eigenvalue weighted by atomic mass is 10.1. The fraction of sp³-hybridized carbons (Fsp3) is 0.842. The molecule has 10 heteroatoms. The summed E-state index contributed by atoms with van der Waals surface area (Å²) in [6.07, 6.45) is 2.97. The molecule has 168 valence electrons. The highest BCUT2D eigenvalue weighted by molar-refractivity contribution is 14.0. The van der Waals surface area contributed by atoms with Crippen LogP contribution in [0.4, 0.5) is 0 Å². The average molecular weight is 524 g/mol. The van der Waals surface area contributed by atoms with Crippen molar-refractivity contribution in [2.75, 3.05) is 52.7 Å². The van der Waals surface area contributed by atoms with E-state index in [0.717, 1.165) is 89.6 Å². The van der Waals surface area contributed by atoms with Crippen LogP contribution in [0.25, 0.3) is 0 Å². The monoisotopic (exact) mass is 524 g/mol. The van der Waals surface area contributed by atoms with Crippen molar-refractivity contribution >= 4 is 29.9 Å². The largest absolute Gasteiger partial charge is 0.382 e. The van der Waals surface area contributed by atoms with Gasteiger partial charge in [-0.1, -0.05) is 0 Å². The van der Waals surface area contributed by atoms with Gasteiger partial charge in [-0.3, -0.25) is 0 Å². The zero-order valence-corrected chi connectivity index (χ0v) is 20.3. The van der Waals surface area contributed by atoms with Gasteiger partial charge in [-0.15, -0.1) is 34.2 Å². The summed E-state index contributed by atoms with van der Waals surface area (Å²) in [5.41, 5.74) is 0. The summed E-state index contributed by atoms with van der Waals surface area (Å²) < 4.78 is 18.5. The van der Waals surface area contributed by atoms with Crippen LogP contribution in [-0.2, 0) is 27.8 Å². The van der Waals surface area contributed by atoms with Crippen molar-refractivity contribution < 1.29 is 14.2 Å². The topological polar surface area (TPSA) is 94.8 Å². The van der Waals surface area contributed by atoms with E-state index in [9.17, 15) is 0 Å². The maximum absolute atomic E-state index is 5.75. The second-order valence-electron chi connectivity index (χ2n) is 6.95. The smallest absolute Gasteiger partial charge is 0.191 e. The molecule has 1 aliphatic rings. The molecule has 1 atom stereocenters. The van der Waals surface area contributed by atoms with Crippen molar-refractivity contribution in [3.8, 4) is 0 Å². The van der Waals surface area contributed by atoms with Gasteiger partial charge in [0.05, 0.1) is 13.2 Å². The first-order valence-corrected chi connectivity index (χ1v) is 10.3. The molecule has 1 aromatic heterocycles. The van der Waals surface area contributed by atoms with E-state index in [2.05, 4.69) is 25.8 Å². The molecule has 2 N–H and O–H groups in total. The first-order valence-electron chi connectivity index (χ1n) is 10.3. The van der Waals surface area contributed by atoms with Crippen molar-refractivity contribution in [1.82, 2.24) is 25.4 Å². The van der Waals surface area contributed by atoms with Gasteiger partial charge in [0, 0.05) is 52.5 Å². The highest BCUT2D eigenvalue weighted by atomic mass is 127. The summed E-state index contributed by atoms with van der Waals surface area (Å²) in [6, 6.07) is 0. The molecule has 0 aromatic carbocycles. The minimum atomic E-state index is 0. The Morgan fingerprint density at radius 1 is 1.21 bits per heavy atom. The Morgan fingerprint density at radius 3 is 2.52 bits per heavy atom. The number of aryl methyl sites for hydroxylation is 1. The summed E-state index contributed by atoms with van der Waals surface area (Å²) in [7, 11) is 1.95. The van der Waals surface area contributed by atoms with Gasteiger partial charge in [-0.2, -0.15) is 0 Å². The number of guanidine groups is 1. The normalized spacial score (nSPS) is 16.7. The van der Waals surface area contributed by atoms with Gasteiger partial charge in [0.15, 0.2) is 11.8 Å². The summed E-state index contributed by atoms with van der Waals surface area (Å²) in [5.74, 6) is 3.07. The molecule has 1 saturated heterocycles. The average Bonchev–Trinajstić information content (AvgIpc) is 3.32. The molecule has 2 heterocycles. The Morgan fingerprint density at radius 2 is 1.93 bits per heavy atom. The van der Waals surface area contributed by atoms with Crippen LogP contribution in [-0.4, -0.2) is 73.5 Å². The molecule has 29 heavy (non-hydrogen) atoms. The van der Waals surface area contributed by atoms with E-state index in [4.69, 9.17) is 14.2 Å². The lowest BCUT2D eigenvalue weighted by Gasteiger charge is -2.13. The van der Waals surface area contributed by atoms with Crippen molar-refractivity contribution in [2.45, 2.75) is 39.7 Å². The van der Waals surface area contributed by atoms with Crippen LogP contribution in [0.3, 0.4) is 0 Å². The van der Waals surface area contributed by atoms with Crippen LogP contribution in [0, 0.1) is 12.8 Å². The van der Waals surface area contributed by atoms with E-state index in [0.29, 0.717) is 12.5 Å². The predicted octanol–water partition coefficient (Wildman–Crippen LogP) is 1.65. The lowest BCUT2D eigenvalue weighted by molar-refractivity contribution is 0.0888. The van der Waals surface area contributed by atoms with E-state index >= 15 is 0 Å². The Balaban J connectivity index is 0.00000420. The fourth-order valence-electron chi connectivity index (χ4n) is 2.78. The highest BCUT2D eigenvalue weighted by Crippen LogP contribution is 2.12. The number of hydrogen-bond donors (Lipinski definition) is 2. The number of hydrogen-bond acceptors (Lipinski definition) is 6. The molecule has 0 saturated carbocycles. The number of nitrogens with one attached hydrogen (secondary N) is 2. The minimum Gasteiger partial charge on any atom is -0.382 e. The fourth-order valence-corrected chi connectivity index (χ4v) is 2.78. The summed E-state index contributed by atoms with van der Waals surface area (Å²) in [6.45, 7) is 10.8. The second-order valence-corrected chi connectivity index (χ2v) is 6.95. The Kier molecular flexibility index (Phi) is 14.2. The van der Waals surface area contributed by atoms with Crippen LogP contribution in [0.2, 0.25) is 0 Å². The molecular weight excluding hydrogens is 487 g/mol. The maximum atomic E-state index is 5.75. The van der Waals surface area contributed by atoms with E-state index in [1.165, 1.54) is 0 Å². The standard InChI is InChI=1S/C19H36N6O3.HI/c1-4-26-10-5-8-20-19(22-13-18-24-23-16(2)25(18)3)21-9-6-11-27-14-17-7-12-28-15-17;/h17H,4-15H2,1-3H3,(H2,20,21,22);1H. The van der Waals surface area contributed by atoms with Gasteiger partial charge in [0.25, 0.3) is 0 Å². The molecular formula is C19H37IN6O3. The third-order valence-electron chi connectivity index (χ3n) is 4.66. The molecule has 0 radical (unpaired) electrons. The molecule has 0 amide bonds. The van der Waals surface area contributed by atoms with Crippen molar-refractivity contribution in [2.24, 2.45) is 18.0 Å². The van der Waals surface area contributed by atoms with Crippen molar-refractivity contribution in [1.29, 1.82) is 0 Å². The first kappa shape index (κ1) is 26.1. The third-order valence-corrected chi connectivity index (χ3v) is 4.66.